The van der Waals surface area contributed by atoms with Gasteiger partial charge in [-0.25, -0.2) is 4.79 Å². The third-order valence-corrected chi connectivity index (χ3v) is 4.53. The topological polar surface area (TPSA) is 80.1 Å². The SMILES string of the molecule is Cc1ccc(-n2cnnc2SCCN2C(=O)CNC2=O)c(C)c1. The van der Waals surface area contributed by atoms with E-state index in [1.807, 2.05) is 23.6 Å². The van der Waals surface area contributed by atoms with Crippen molar-refractivity contribution in [2.24, 2.45) is 0 Å². The number of hydrogen-bond acceptors (Lipinski definition) is 5. The van der Waals surface area contributed by atoms with E-state index in [2.05, 4.69) is 28.5 Å². The zero-order chi connectivity index (χ0) is 16.4. The average Bonchev–Trinajstić information content (AvgIpc) is 3.08. The molecule has 7 nitrogen and oxygen atoms in total. The van der Waals surface area contributed by atoms with Crippen molar-refractivity contribution in [3.05, 3.63) is 35.7 Å². The molecule has 8 heteroatoms. The summed E-state index contributed by atoms with van der Waals surface area (Å²) in [6.45, 7) is 4.54. The maximum absolute atomic E-state index is 11.5. The molecule has 1 fully saturated rings. The molecule has 1 aliphatic rings. The summed E-state index contributed by atoms with van der Waals surface area (Å²) in [5.41, 5.74) is 3.37. The quantitative estimate of drug-likeness (QED) is 0.664. The van der Waals surface area contributed by atoms with Crippen LogP contribution in [0.5, 0.6) is 0 Å². The predicted octanol–water partition coefficient (Wildman–Crippen LogP) is 1.53. The second kappa shape index (κ2) is 6.41. The fraction of sp³-hybridized carbons (Fsp3) is 0.333. The summed E-state index contributed by atoms with van der Waals surface area (Å²) in [6.07, 6.45) is 1.67. The van der Waals surface area contributed by atoms with Crippen LogP contribution in [0.3, 0.4) is 0 Å². The first-order chi connectivity index (χ1) is 11.1. The molecule has 3 amide bonds. The van der Waals surface area contributed by atoms with Gasteiger partial charge in [-0.3, -0.25) is 14.3 Å². The van der Waals surface area contributed by atoms with E-state index in [4.69, 9.17) is 0 Å². The summed E-state index contributed by atoms with van der Waals surface area (Å²) >= 11 is 1.47. The van der Waals surface area contributed by atoms with Crippen molar-refractivity contribution in [1.29, 1.82) is 0 Å². The summed E-state index contributed by atoms with van der Waals surface area (Å²) in [4.78, 5) is 24.3. The highest BCUT2D eigenvalue weighted by atomic mass is 32.2. The molecule has 0 spiro atoms. The van der Waals surface area contributed by atoms with Crippen LogP contribution in [-0.4, -0.2) is 50.4 Å². The van der Waals surface area contributed by atoms with Gasteiger partial charge in [-0.05, 0) is 25.5 Å². The van der Waals surface area contributed by atoms with Gasteiger partial charge in [0.05, 0.1) is 12.2 Å². The number of urea groups is 1. The molecule has 1 aromatic carbocycles. The average molecular weight is 331 g/mol. The van der Waals surface area contributed by atoms with Crippen LogP contribution in [0.25, 0.3) is 5.69 Å². The number of imide groups is 1. The molecule has 2 aromatic rings. The van der Waals surface area contributed by atoms with E-state index in [1.165, 1.54) is 22.2 Å². The molecule has 0 unspecified atom stereocenters. The zero-order valence-corrected chi connectivity index (χ0v) is 13.8. The highest BCUT2D eigenvalue weighted by Gasteiger charge is 2.27. The number of benzene rings is 1. The van der Waals surface area contributed by atoms with E-state index < -0.39 is 0 Å². The Hall–Kier alpha value is -2.35. The highest BCUT2D eigenvalue weighted by molar-refractivity contribution is 7.99. The van der Waals surface area contributed by atoms with Gasteiger partial charge in [0, 0.05) is 12.3 Å². The molecule has 1 N–H and O–H groups in total. The van der Waals surface area contributed by atoms with E-state index in [9.17, 15) is 9.59 Å². The van der Waals surface area contributed by atoms with Gasteiger partial charge >= 0.3 is 6.03 Å². The van der Waals surface area contributed by atoms with Crippen molar-refractivity contribution in [3.8, 4) is 5.69 Å². The number of nitrogens with one attached hydrogen (secondary N) is 1. The molecule has 120 valence electrons. The Balaban J connectivity index is 1.69. The fourth-order valence-electron chi connectivity index (χ4n) is 2.47. The van der Waals surface area contributed by atoms with Crippen LogP contribution in [0.15, 0.2) is 29.7 Å². The lowest BCUT2D eigenvalue weighted by Gasteiger charge is -2.12. The van der Waals surface area contributed by atoms with Gasteiger partial charge in [0.1, 0.15) is 6.33 Å². The van der Waals surface area contributed by atoms with Gasteiger partial charge in [-0.2, -0.15) is 0 Å². The molecular formula is C15H17N5O2S. The van der Waals surface area contributed by atoms with Crippen molar-refractivity contribution < 1.29 is 9.59 Å². The lowest BCUT2D eigenvalue weighted by Crippen LogP contribution is -2.32. The number of rotatable bonds is 5. The van der Waals surface area contributed by atoms with E-state index in [-0.39, 0.29) is 18.5 Å². The Labute approximate surface area is 138 Å². The van der Waals surface area contributed by atoms with E-state index in [0.717, 1.165) is 16.4 Å². The van der Waals surface area contributed by atoms with Crippen LogP contribution >= 0.6 is 11.8 Å². The Bertz CT molecular complexity index is 742. The van der Waals surface area contributed by atoms with Crippen molar-refractivity contribution >= 4 is 23.7 Å². The summed E-state index contributed by atoms with van der Waals surface area (Å²) in [5.74, 6) is 0.384. The summed E-state index contributed by atoms with van der Waals surface area (Å²) in [6, 6.07) is 5.86. The van der Waals surface area contributed by atoms with Crippen molar-refractivity contribution in [1.82, 2.24) is 25.0 Å². The molecule has 0 radical (unpaired) electrons. The first-order valence-electron chi connectivity index (χ1n) is 7.25. The Morgan fingerprint density at radius 2 is 2.13 bits per heavy atom. The molecule has 2 heterocycles. The third-order valence-electron chi connectivity index (χ3n) is 3.61. The van der Waals surface area contributed by atoms with Crippen molar-refractivity contribution in [2.75, 3.05) is 18.8 Å². The zero-order valence-electron chi connectivity index (χ0n) is 12.9. The molecule has 0 bridgehead atoms. The normalized spacial score (nSPS) is 14.4. The lowest BCUT2D eigenvalue weighted by atomic mass is 10.1. The van der Waals surface area contributed by atoms with Gasteiger partial charge < -0.3 is 5.32 Å². The van der Waals surface area contributed by atoms with Gasteiger partial charge in [-0.15, -0.1) is 10.2 Å². The second-order valence-corrected chi connectivity index (χ2v) is 6.39. The smallest absolute Gasteiger partial charge is 0.324 e. The lowest BCUT2D eigenvalue weighted by molar-refractivity contribution is -0.124. The number of hydrogen-bond donors (Lipinski definition) is 1. The van der Waals surface area contributed by atoms with Gasteiger partial charge in [0.25, 0.3) is 0 Å². The summed E-state index contributed by atoms with van der Waals surface area (Å²) < 4.78 is 1.92. The maximum atomic E-state index is 11.5. The molecule has 23 heavy (non-hydrogen) atoms. The number of nitrogens with zero attached hydrogens (tertiary/aromatic N) is 4. The third kappa shape index (κ3) is 3.21. The van der Waals surface area contributed by atoms with Gasteiger partial charge in [0.2, 0.25) is 5.91 Å². The molecule has 0 saturated carbocycles. The first kappa shape index (κ1) is 15.5. The largest absolute Gasteiger partial charge is 0.329 e. The number of thioether (sulfide) groups is 1. The number of aryl methyl sites for hydroxylation is 2. The number of carbonyl (C=O) groups is 2. The Morgan fingerprint density at radius 3 is 2.83 bits per heavy atom. The molecule has 0 aliphatic carbocycles. The summed E-state index contributed by atoms with van der Waals surface area (Å²) in [5, 5.41) is 11.4. The fourth-order valence-corrected chi connectivity index (χ4v) is 3.32. The minimum Gasteiger partial charge on any atom is -0.329 e. The molecular weight excluding hydrogens is 314 g/mol. The van der Waals surface area contributed by atoms with Crippen LogP contribution in [0.2, 0.25) is 0 Å². The van der Waals surface area contributed by atoms with Crippen LogP contribution in [-0.2, 0) is 4.79 Å². The standard InChI is InChI=1S/C15H17N5O2S/c1-10-3-4-12(11(2)7-10)20-9-17-18-15(20)23-6-5-19-13(21)8-16-14(19)22/h3-4,7,9H,5-6,8H2,1-2H3,(H,16,22). The van der Waals surface area contributed by atoms with Crippen LogP contribution < -0.4 is 5.32 Å². The number of aromatic nitrogens is 3. The molecule has 3 rings (SSSR count). The minimum atomic E-state index is -0.327. The summed E-state index contributed by atoms with van der Waals surface area (Å²) in [7, 11) is 0. The maximum Gasteiger partial charge on any atom is 0.324 e. The molecule has 1 aromatic heterocycles. The predicted molar refractivity (Wildman–Crippen MR) is 86.7 cm³/mol. The molecule has 1 aliphatic heterocycles. The van der Waals surface area contributed by atoms with Gasteiger partial charge in [0.15, 0.2) is 5.16 Å². The van der Waals surface area contributed by atoms with Gasteiger partial charge in [-0.1, -0.05) is 29.5 Å². The molecule has 1 saturated heterocycles. The van der Waals surface area contributed by atoms with Crippen molar-refractivity contribution in [3.63, 3.8) is 0 Å². The molecule has 0 atom stereocenters. The number of carbonyl (C=O) groups excluding carboxylic acids is 2. The second-order valence-electron chi connectivity index (χ2n) is 5.33. The van der Waals surface area contributed by atoms with Crippen molar-refractivity contribution in [2.45, 2.75) is 19.0 Å². The van der Waals surface area contributed by atoms with E-state index in [0.29, 0.717) is 12.3 Å². The van der Waals surface area contributed by atoms with Crippen LogP contribution in [0.4, 0.5) is 4.79 Å². The Kier molecular flexibility index (Phi) is 4.33. The minimum absolute atomic E-state index is 0.0856. The van der Waals surface area contributed by atoms with Crippen LogP contribution in [0.1, 0.15) is 11.1 Å². The monoisotopic (exact) mass is 331 g/mol. The van der Waals surface area contributed by atoms with E-state index in [1.54, 1.807) is 6.33 Å². The Morgan fingerprint density at radius 1 is 1.30 bits per heavy atom. The highest BCUT2D eigenvalue weighted by Crippen LogP contribution is 2.22. The van der Waals surface area contributed by atoms with Crippen LogP contribution in [0, 0.1) is 13.8 Å². The first-order valence-corrected chi connectivity index (χ1v) is 8.23. The van der Waals surface area contributed by atoms with E-state index >= 15 is 0 Å². The number of amides is 3.